The number of nitrogens with zero attached hydrogens (tertiary/aromatic N) is 1. The van der Waals surface area contributed by atoms with Crippen LogP contribution in [0.4, 0.5) is 5.69 Å². The molecule has 0 spiro atoms. The number of benzene rings is 1. The topological polar surface area (TPSA) is 29.3 Å². The fraction of sp³-hybridized carbons (Fsp3) is 0.647. The van der Waals surface area contributed by atoms with Gasteiger partial charge in [0, 0.05) is 19.3 Å². The maximum Gasteiger partial charge on any atom is 0.0366 e. The first-order valence-electron chi connectivity index (χ1n) is 7.64. The van der Waals surface area contributed by atoms with Crippen LogP contribution < -0.4 is 10.6 Å². The molecule has 19 heavy (non-hydrogen) atoms. The average Bonchev–Trinajstić information content (AvgIpc) is 2.43. The Morgan fingerprint density at radius 3 is 2.47 bits per heavy atom. The molecule has 0 aromatic heterocycles. The van der Waals surface area contributed by atoms with E-state index in [0.29, 0.717) is 11.8 Å². The van der Waals surface area contributed by atoms with E-state index in [9.17, 15) is 0 Å². The van der Waals surface area contributed by atoms with Crippen LogP contribution in [-0.4, -0.2) is 20.1 Å². The first-order valence-corrected chi connectivity index (χ1v) is 7.64. The van der Waals surface area contributed by atoms with Gasteiger partial charge in [0.25, 0.3) is 0 Å². The summed E-state index contributed by atoms with van der Waals surface area (Å²) in [5.41, 5.74) is 10.3. The Balaban J connectivity index is 2.08. The molecule has 106 valence electrons. The van der Waals surface area contributed by atoms with Crippen LogP contribution in [-0.2, 0) is 12.8 Å². The summed E-state index contributed by atoms with van der Waals surface area (Å²) >= 11 is 0. The van der Waals surface area contributed by atoms with E-state index in [1.54, 1.807) is 11.1 Å². The van der Waals surface area contributed by atoms with Crippen LogP contribution in [0.5, 0.6) is 0 Å². The predicted molar refractivity (Wildman–Crippen MR) is 83.7 cm³/mol. The minimum Gasteiger partial charge on any atom is -0.374 e. The van der Waals surface area contributed by atoms with E-state index < -0.39 is 0 Å². The normalized spacial score (nSPS) is 16.3. The van der Waals surface area contributed by atoms with E-state index in [1.807, 2.05) is 0 Å². The van der Waals surface area contributed by atoms with Crippen molar-refractivity contribution in [1.29, 1.82) is 0 Å². The van der Waals surface area contributed by atoms with Crippen molar-refractivity contribution in [2.75, 3.05) is 25.0 Å². The zero-order chi connectivity index (χ0) is 13.8. The number of rotatable bonds is 5. The first-order chi connectivity index (χ1) is 9.11. The lowest BCUT2D eigenvalue weighted by Gasteiger charge is -2.28. The first kappa shape index (κ1) is 14.4. The van der Waals surface area contributed by atoms with E-state index in [-0.39, 0.29) is 0 Å². The van der Waals surface area contributed by atoms with Gasteiger partial charge >= 0.3 is 0 Å². The van der Waals surface area contributed by atoms with Gasteiger partial charge in [-0.15, -0.1) is 0 Å². The third-order valence-electron chi connectivity index (χ3n) is 4.53. The standard InChI is InChI=1S/C17H28N2/c1-13(2)16(11-18)12-19(3)17-9-8-14-6-4-5-7-15(14)10-17/h8-10,13,16H,4-7,11-12,18H2,1-3H3. The zero-order valence-electron chi connectivity index (χ0n) is 12.7. The molecule has 1 atom stereocenters. The van der Waals surface area contributed by atoms with Gasteiger partial charge in [0.15, 0.2) is 0 Å². The number of fused-ring (bicyclic) bond motifs is 1. The van der Waals surface area contributed by atoms with Crippen molar-refractivity contribution in [3.05, 3.63) is 29.3 Å². The van der Waals surface area contributed by atoms with Crippen molar-refractivity contribution in [2.24, 2.45) is 17.6 Å². The van der Waals surface area contributed by atoms with Gasteiger partial charge < -0.3 is 10.6 Å². The summed E-state index contributed by atoms with van der Waals surface area (Å²) in [6, 6.07) is 6.99. The Labute approximate surface area is 118 Å². The maximum absolute atomic E-state index is 5.88. The Morgan fingerprint density at radius 1 is 1.16 bits per heavy atom. The quantitative estimate of drug-likeness (QED) is 0.880. The molecule has 2 rings (SSSR count). The summed E-state index contributed by atoms with van der Waals surface area (Å²) in [5, 5.41) is 0. The van der Waals surface area contributed by atoms with Crippen molar-refractivity contribution in [1.82, 2.24) is 0 Å². The third kappa shape index (κ3) is 3.50. The highest BCUT2D eigenvalue weighted by Crippen LogP contribution is 2.26. The molecular formula is C17H28N2. The Bertz CT molecular complexity index is 412. The van der Waals surface area contributed by atoms with Crippen molar-refractivity contribution in [2.45, 2.75) is 39.5 Å². The molecular weight excluding hydrogens is 232 g/mol. The molecule has 1 unspecified atom stereocenters. The highest BCUT2D eigenvalue weighted by atomic mass is 15.1. The molecule has 1 aromatic carbocycles. The summed E-state index contributed by atoms with van der Waals surface area (Å²) in [4.78, 5) is 2.37. The summed E-state index contributed by atoms with van der Waals surface area (Å²) in [7, 11) is 2.19. The monoisotopic (exact) mass is 260 g/mol. The molecule has 0 radical (unpaired) electrons. The zero-order valence-corrected chi connectivity index (χ0v) is 12.7. The molecule has 0 fully saturated rings. The average molecular weight is 260 g/mol. The van der Waals surface area contributed by atoms with Gasteiger partial charge in [-0.3, -0.25) is 0 Å². The smallest absolute Gasteiger partial charge is 0.0366 e. The maximum atomic E-state index is 5.88. The van der Waals surface area contributed by atoms with Crippen molar-refractivity contribution >= 4 is 5.69 Å². The lowest BCUT2D eigenvalue weighted by Crippen LogP contribution is -2.33. The van der Waals surface area contributed by atoms with Gasteiger partial charge in [-0.1, -0.05) is 19.9 Å². The van der Waals surface area contributed by atoms with Crippen LogP contribution >= 0.6 is 0 Å². The summed E-state index contributed by atoms with van der Waals surface area (Å²) in [6.45, 7) is 6.34. The molecule has 0 saturated heterocycles. The number of hydrogen-bond donors (Lipinski definition) is 1. The van der Waals surface area contributed by atoms with Gasteiger partial charge in [-0.25, -0.2) is 0 Å². The SMILES string of the molecule is CC(C)C(CN)CN(C)c1ccc2c(c1)CCCC2. The van der Waals surface area contributed by atoms with Gasteiger partial charge in [0.1, 0.15) is 0 Å². The molecule has 0 aliphatic heterocycles. The van der Waals surface area contributed by atoms with Gasteiger partial charge in [0.05, 0.1) is 0 Å². The lowest BCUT2D eigenvalue weighted by atomic mass is 9.91. The predicted octanol–water partition coefficient (Wildman–Crippen LogP) is 3.23. The van der Waals surface area contributed by atoms with Gasteiger partial charge in [0.2, 0.25) is 0 Å². The second-order valence-corrected chi connectivity index (χ2v) is 6.28. The highest BCUT2D eigenvalue weighted by molar-refractivity contribution is 5.51. The fourth-order valence-electron chi connectivity index (χ4n) is 2.97. The molecule has 1 aliphatic carbocycles. The number of nitrogens with two attached hydrogens (primary N) is 1. The van der Waals surface area contributed by atoms with Crippen LogP contribution in [0.25, 0.3) is 0 Å². The Hall–Kier alpha value is -1.02. The minimum absolute atomic E-state index is 0.570. The van der Waals surface area contributed by atoms with Crippen LogP contribution in [0.15, 0.2) is 18.2 Å². The molecule has 0 saturated carbocycles. The molecule has 0 amide bonds. The summed E-state index contributed by atoms with van der Waals surface area (Å²) in [6.07, 6.45) is 5.21. The van der Waals surface area contributed by atoms with Crippen LogP contribution in [0, 0.1) is 11.8 Å². The largest absolute Gasteiger partial charge is 0.374 e. The molecule has 2 N–H and O–H groups in total. The lowest BCUT2D eigenvalue weighted by molar-refractivity contribution is 0.398. The molecule has 1 aliphatic rings. The van der Waals surface area contributed by atoms with E-state index in [4.69, 9.17) is 5.73 Å². The molecule has 2 heteroatoms. The summed E-state index contributed by atoms with van der Waals surface area (Å²) < 4.78 is 0. The molecule has 0 heterocycles. The molecule has 0 bridgehead atoms. The number of hydrogen-bond acceptors (Lipinski definition) is 2. The van der Waals surface area contributed by atoms with Crippen molar-refractivity contribution < 1.29 is 0 Å². The molecule has 1 aromatic rings. The van der Waals surface area contributed by atoms with Crippen molar-refractivity contribution in [3.8, 4) is 0 Å². The second-order valence-electron chi connectivity index (χ2n) is 6.28. The van der Waals surface area contributed by atoms with Crippen LogP contribution in [0.3, 0.4) is 0 Å². The van der Waals surface area contributed by atoms with Gasteiger partial charge in [-0.2, -0.15) is 0 Å². The number of aryl methyl sites for hydroxylation is 2. The van der Waals surface area contributed by atoms with E-state index in [1.165, 1.54) is 31.4 Å². The fourth-order valence-corrected chi connectivity index (χ4v) is 2.97. The van der Waals surface area contributed by atoms with E-state index >= 15 is 0 Å². The third-order valence-corrected chi connectivity index (χ3v) is 4.53. The van der Waals surface area contributed by atoms with Crippen LogP contribution in [0.2, 0.25) is 0 Å². The second kappa shape index (κ2) is 6.42. The molecule has 2 nitrogen and oxygen atoms in total. The number of anilines is 1. The minimum atomic E-state index is 0.570. The Morgan fingerprint density at radius 2 is 1.84 bits per heavy atom. The van der Waals surface area contributed by atoms with Crippen LogP contribution in [0.1, 0.15) is 37.8 Å². The van der Waals surface area contributed by atoms with Crippen molar-refractivity contribution in [3.63, 3.8) is 0 Å². The van der Waals surface area contributed by atoms with Gasteiger partial charge in [-0.05, 0) is 67.3 Å². The van der Waals surface area contributed by atoms with E-state index in [2.05, 4.69) is 44.0 Å². The van der Waals surface area contributed by atoms with E-state index in [0.717, 1.165) is 13.1 Å². The summed E-state index contributed by atoms with van der Waals surface area (Å²) in [5.74, 6) is 1.21. The highest BCUT2D eigenvalue weighted by Gasteiger charge is 2.16. The Kier molecular flexibility index (Phi) is 4.87.